The van der Waals surface area contributed by atoms with E-state index in [1.54, 1.807) is 0 Å². The summed E-state index contributed by atoms with van der Waals surface area (Å²) in [5, 5.41) is 0. The average Bonchev–Trinajstić information content (AvgIpc) is 2.14. The summed E-state index contributed by atoms with van der Waals surface area (Å²) in [6.07, 6.45) is 0. The molecule has 3 N–H and O–H groups in total. The van der Waals surface area contributed by atoms with Gasteiger partial charge < -0.3 is 5.73 Å². The van der Waals surface area contributed by atoms with Crippen LogP contribution in [0, 0.1) is 0 Å². The number of hydroxylamine groups is 1. The standard InChI is InChI=1S/C9H12N2OS/c10-9(13)6-11-12-7-8-4-2-1-3-5-8/h1-5,11H,6-7H2,(H2,10,13). The van der Waals surface area contributed by atoms with Crippen molar-refractivity contribution in [3.63, 3.8) is 0 Å². The van der Waals surface area contributed by atoms with E-state index < -0.39 is 0 Å². The number of thiocarbonyl (C=S) groups is 1. The third kappa shape index (κ3) is 4.57. The molecule has 70 valence electrons. The molecule has 1 aromatic carbocycles. The van der Waals surface area contributed by atoms with Gasteiger partial charge in [-0.15, -0.1) is 0 Å². The smallest absolute Gasteiger partial charge is 0.0933 e. The summed E-state index contributed by atoms with van der Waals surface area (Å²) in [4.78, 5) is 5.51. The molecular formula is C9H12N2OS. The van der Waals surface area contributed by atoms with Crippen molar-refractivity contribution >= 4 is 17.2 Å². The molecule has 0 aromatic heterocycles. The van der Waals surface area contributed by atoms with E-state index in [0.29, 0.717) is 18.1 Å². The zero-order chi connectivity index (χ0) is 9.52. The molecule has 0 radical (unpaired) electrons. The summed E-state index contributed by atoms with van der Waals surface area (Å²) in [6, 6.07) is 9.87. The number of nitrogens with one attached hydrogen (secondary N) is 1. The second-order valence-corrected chi connectivity index (χ2v) is 3.09. The molecule has 4 heteroatoms. The summed E-state index contributed by atoms with van der Waals surface area (Å²) >= 11 is 4.66. The summed E-state index contributed by atoms with van der Waals surface area (Å²) in [5.41, 5.74) is 9.04. The van der Waals surface area contributed by atoms with E-state index in [9.17, 15) is 0 Å². The van der Waals surface area contributed by atoms with Crippen LogP contribution in [0.4, 0.5) is 0 Å². The van der Waals surface area contributed by atoms with E-state index in [1.807, 2.05) is 30.3 Å². The number of hydrogen-bond donors (Lipinski definition) is 2. The van der Waals surface area contributed by atoms with E-state index in [1.165, 1.54) is 0 Å². The second-order valence-electron chi connectivity index (χ2n) is 2.56. The number of benzene rings is 1. The highest BCUT2D eigenvalue weighted by Gasteiger charge is 1.91. The van der Waals surface area contributed by atoms with Gasteiger partial charge in [-0.2, -0.15) is 5.48 Å². The van der Waals surface area contributed by atoms with Gasteiger partial charge in [-0.1, -0.05) is 42.5 Å². The number of nitrogens with two attached hydrogens (primary N) is 1. The molecule has 1 aromatic rings. The topological polar surface area (TPSA) is 47.3 Å². The minimum Gasteiger partial charge on any atom is -0.392 e. The Bertz CT molecular complexity index is 264. The van der Waals surface area contributed by atoms with E-state index >= 15 is 0 Å². The van der Waals surface area contributed by atoms with Crippen LogP contribution in [0.15, 0.2) is 30.3 Å². The lowest BCUT2D eigenvalue weighted by Crippen LogP contribution is -2.27. The molecule has 0 atom stereocenters. The molecule has 0 fully saturated rings. The van der Waals surface area contributed by atoms with Gasteiger partial charge in [-0.05, 0) is 5.56 Å². The first kappa shape index (κ1) is 10.1. The molecule has 0 aliphatic carbocycles. The van der Waals surface area contributed by atoms with Crippen LogP contribution in [0.25, 0.3) is 0 Å². The minimum atomic E-state index is 0.396. The lowest BCUT2D eigenvalue weighted by atomic mass is 10.2. The van der Waals surface area contributed by atoms with Gasteiger partial charge in [0.1, 0.15) is 0 Å². The maximum Gasteiger partial charge on any atom is 0.0933 e. The first-order valence-electron chi connectivity index (χ1n) is 3.96. The monoisotopic (exact) mass is 196 g/mol. The van der Waals surface area contributed by atoms with Gasteiger partial charge >= 0.3 is 0 Å². The van der Waals surface area contributed by atoms with Crippen LogP contribution in [-0.2, 0) is 11.4 Å². The summed E-state index contributed by atoms with van der Waals surface area (Å²) in [5.74, 6) is 0. The normalized spacial score (nSPS) is 9.85. The highest BCUT2D eigenvalue weighted by molar-refractivity contribution is 7.80. The first-order valence-corrected chi connectivity index (χ1v) is 4.37. The molecular weight excluding hydrogens is 184 g/mol. The largest absolute Gasteiger partial charge is 0.392 e. The lowest BCUT2D eigenvalue weighted by Gasteiger charge is -2.04. The Hall–Kier alpha value is -0.970. The van der Waals surface area contributed by atoms with Gasteiger partial charge in [-0.25, -0.2) is 0 Å². The van der Waals surface area contributed by atoms with Crippen LogP contribution in [0.2, 0.25) is 0 Å². The maximum atomic E-state index is 5.26. The van der Waals surface area contributed by atoms with Gasteiger partial charge in [0.05, 0.1) is 18.1 Å². The van der Waals surface area contributed by atoms with Gasteiger partial charge in [0.15, 0.2) is 0 Å². The zero-order valence-electron chi connectivity index (χ0n) is 7.19. The first-order chi connectivity index (χ1) is 6.29. The summed E-state index contributed by atoms with van der Waals surface area (Å²) in [6.45, 7) is 0.922. The fourth-order valence-corrected chi connectivity index (χ4v) is 0.890. The minimum absolute atomic E-state index is 0.396. The van der Waals surface area contributed by atoms with Crippen molar-refractivity contribution in [3.05, 3.63) is 35.9 Å². The molecule has 3 nitrogen and oxygen atoms in total. The summed E-state index contributed by atoms with van der Waals surface area (Å²) < 4.78 is 0. The van der Waals surface area contributed by atoms with Crippen molar-refractivity contribution in [1.82, 2.24) is 5.48 Å². The Balaban J connectivity index is 2.17. The third-order valence-electron chi connectivity index (χ3n) is 1.43. The van der Waals surface area contributed by atoms with Crippen LogP contribution in [0.1, 0.15) is 5.56 Å². The molecule has 0 heterocycles. The van der Waals surface area contributed by atoms with Crippen molar-refractivity contribution in [2.24, 2.45) is 5.73 Å². The Morgan fingerprint density at radius 1 is 1.38 bits per heavy atom. The fourth-order valence-electron chi connectivity index (χ4n) is 0.831. The Kier molecular flexibility index (Phi) is 4.39. The fraction of sp³-hybridized carbons (Fsp3) is 0.222. The molecule has 0 bridgehead atoms. The van der Waals surface area contributed by atoms with Crippen molar-refractivity contribution in [1.29, 1.82) is 0 Å². The van der Waals surface area contributed by atoms with Gasteiger partial charge in [0.2, 0.25) is 0 Å². The molecule has 0 amide bonds. The molecule has 0 saturated carbocycles. The van der Waals surface area contributed by atoms with E-state index in [2.05, 4.69) is 17.7 Å². The van der Waals surface area contributed by atoms with Crippen LogP contribution in [0.3, 0.4) is 0 Å². The molecule has 1 rings (SSSR count). The van der Waals surface area contributed by atoms with Crippen LogP contribution in [-0.4, -0.2) is 11.5 Å². The lowest BCUT2D eigenvalue weighted by molar-refractivity contribution is 0.0378. The van der Waals surface area contributed by atoms with Crippen LogP contribution < -0.4 is 11.2 Å². The Labute approximate surface area is 82.8 Å². The molecule has 13 heavy (non-hydrogen) atoms. The quantitative estimate of drug-likeness (QED) is 0.419. The second kappa shape index (κ2) is 5.64. The third-order valence-corrected chi connectivity index (χ3v) is 1.57. The van der Waals surface area contributed by atoms with E-state index in [4.69, 9.17) is 10.6 Å². The zero-order valence-corrected chi connectivity index (χ0v) is 8.01. The van der Waals surface area contributed by atoms with Crippen molar-refractivity contribution in [3.8, 4) is 0 Å². The predicted molar refractivity (Wildman–Crippen MR) is 56.0 cm³/mol. The van der Waals surface area contributed by atoms with Crippen LogP contribution in [0.5, 0.6) is 0 Å². The van der Waals surface area contributed by atoms with Crippen molar-refractivity contribution < 1.29 is 4.84 Å². The highest BCUT2D eigenvalue weighted by atomic mass is 32.1. The van der Waals surface area contributed by atoms with Crippen LogP contribution >= 0.6 is 12.2 Å². The van der Waals surface area contributed by atoms with Crippen molar-refractivity contribution in [2.75, 3.05) is 6.54 Å². The molecule has 0 unspecified atom stereocenters. The molecule has 0 aliphatic heterocycles. The number of hydrogen-bond acceptors (Lipinski definition) is 3. The Morgan fingerprint density at radius 3 is 2.69 bits per heavy atom. The number of rotatable bonds is 5. The van der Waals surface area contributed by atoms with Gasteiger partial charge in [0.25, 0.3) is 0 Å². The van der Waals surface area contributed by atoms with E-state index in [0.717, 1.165) is 5.56 Å². The van der Waals surface area contributed by atoms with E-state index in [-0.39, 0.29) is 0 Å². The molecule has 0 saturated heterocycles. The Morgan fingerprint density at radius 2 is 2.08 bits per heavy atom. The van der Waals surface area contributed by atoms with Gasteiger partial charge in [0, 0.05) is 0 Å². The summed E-state index contributed by atoms with van der Waals surface area (Å²) in [7, 11) is 0. The SMILES string of the molecule is NC(=S)CNOCc1ccccc1. The van der Waals surface area contributed by atoms with Gasteiger partial charge in [-0.3, -0.25) is 4.84 Å². The maximum absolute atomic E-state index is 5.26. The molecule has 0 aliphatic rings. The highest BCUT2D eigenvalue weighted by Crippen LogP contribution is 1.98. The average molecular weight is 196 g/mol. The predicted octanol–water partition coefficient (Wildman–Crippen LogP) is 0.994. The van der Waals surface area contributed by atoms with Crippen molar-refractivity contribution in [2.45, 2.75) is 6.61 Å². The molecule has 0 spiro atoms.